The Hall–Kier alpha value is -2.92. The minimum atomic E-state index is -0.464. The lowest BCUT2D eigenvalue weighted by Gasteiger charge is -2.23. The number of nitrogens with zero attached hydrogens (tertiary/aromatic N) is 2. The van der Waals surface area contributed by atoms with Gasteiger partial charge in [0.25, 0.3) is 5.91 Å². The molecule has 26 heavy (non-hydrogen) atoms. The summed E-state index contributed by atoms with van der Waals surface area (Å²) >= 11 is 5.69. The first kappa shape index (κ1) is 16.5. The van der Waals surface area contributed by atoms with Crippen molar-refractivity contribution in [1.29, 1.82) is 0 Å². The molecule has 4 nitrogen and oxygen atoms in total. The average Bonchev–Trinajstić information content (AvgIpc) is 3.24. The van der Waals surface area contributed by atoms with Crippen molar-refractivity contribution >= 4 is 28.9 Å². The lowest BCUT2D eigenvalue weighted by Crippen LogP contribution is -2.32. The first-order chi connectivity index (χ1) is 12.6. The summed E-state index contributed by atoms with van der Waals surface area (Å²) in [6, 6.07) is 20.8. The molecular formula is C21H18N2O2S. The Labute approximate surface area is 157 Å². The number of carbonyl (C=O) groups is 1. The fourth-order valence-electron chi connectivity index (χ4n) is 3.20. The molecule has 0 unspecified atom stereocenters. The molecule has 5 heteroatoms. The summed E-state index contributed by atoms with van der Waals surface area (Å²) in [7, 11) is 0. The van der Waals surface area contributed by atoms with E-state index in [1.165, 1.54) is 0 Å². The highest BCUT2D eigenvalue weighted by molar-refractivity contribution is 7.80. The van der Waals surface area contributed by atoms with E-state index in [1.54, 1.807) is 11.2 Å². The van der Waals surface area contributed by atoms with Gasteiger partial charge in [-0.2, -0.15) is 0 Å². The second kappa shape index (κ2) is 6.77. The number of aryl methyl sites for hydroxylation is 1. The maximum Gasteiger partial charge on any atom is 0.260 e. The predicted octanol–water partition coefficient (Wildman–Crippen LogP) is 4.46. The largest absolute Gasteiger partial charge is 0.467 e. The van der Waals surface area contributed by atoms with Crippen LogP contribution >= 0.6 is 12.2 Å². The Kier molecular flexibility index (Phi) is 4.31. The Morgan fingerprint density at radius 1 is 1.00 bits per heavy atom. The van der Waals surface area contributed by atoms with Crippen molar-refractivity contribution < 1.29 is 9.21 Å². The molecule has 1 aliphatic heterocycles. The van der Waals surface area contributed by atoms with E-state index in [2.05, 4.69) is 0 Å². The van der Waals surface area contributed by atoms with Gasteiger partial charge in [0.05, 0.1) is 18.5 Å². The van der Waals surface area contributed by atoms with Gasteiger partial charge in [-0.25, -0.2) is 0 Å². The van der Waals surface area contributed by atoms with Crippen molar-refractivity contribution in [3.05, 3.63) is 89.9 Å². The second-order valence-electron chi connectivity index (χ2n) is 6.31. The van der Waals surface area contributed by atoms with Gasteiger partial charge in [-0.05, 0) is 49.0 Å². The molecule has 1 saturated heterocycles. The van der Waals surface area contributed by atoms with Crippen LogP contribution in [0.1, 0.15) is 22.9 Å². The van der Waals surface area contributed by atoms with Crippen LogP contribution in [0.3, 0.4) is 0 Å². The van der Waals surface area contributed by atoms with Gasteiger partial charge in [0, 0.05) is 0 Å². The smallest absolute Gasteiger partial charge is 0.260 e. The summed E-state index contributed by atoms with van der Waals surface area (Å²) in [6.45, 7) is 2.47. The van der Waals surface area contributed by atoms with E-state index < -0.39 is 6.04 Å². The van der Waals surface area contributed by atoms with Crippen LogP contribution in [0.4, 0.5) is 5.69 Å². The van der Waals surface area contributed by atoms with Gasteiger partial charge in [-0.3, -0.25) is 9.69 Å². The number of anilines is 1. The van der Waals surface area contributed by atoms with Crippen LogP contribution in [-0.4, -0.2) is 15.9 Å². The van der Waals surface area contributed by atoms with Crippen LogP contribution in [0, 0.1) is 6.92 Å². The van der Waals surface area contributed by atoms with Gasteiger partial charge in [-0.1, -0.05) is 48.0 Å². The molecular weight excluding hydrogens is 344 g/mol. The zero-order valence-corrected chi connectivity index (χ0v) is 15.1. The van der Waals surface area contributed by atoms with Gasteiger partial charge >= 0.3 is 0 Å². The molecule has 1 amide bonds. The van der Waals surface area contributed by atoms with Crippen LogP contribution in [-0.2, 0) is 11.3 Å². The minimum Gasteiger partial charge on any atom is -0.467 e. The highest BCUT2D eigenvalue weighted by Crippen LogP contribution is 2.35. The minimum absolute atomic E-state index is 0.0448. The van der Waals surface area contributed by atoms with E-state index in [0.717, 1.165) is 22.6 Å². The van der Waals surface area contributed by atoms with Crippen LogP contribution in [0.25, 0.3) is 0 Å². The van der Waals surface area contributed by atoms with Gasteiger partial charge in [0.2, 0.25) is 0 Å². The lowest BCUT2D eigenvalue weighted by molar-refractivity contribution is -0.120. The zero-order valence-electron chi connectivity index (χ0n) is 14.3. The summed E-state index contributed by atoms with van der Waals surface area (Å²) in [5.74, 6) is 0.726. The number of thiocarbonyl (C=S) groups is 1. The van der Waals surface area contributed by atoms with E-state index in [9.17, 15) is 4.79 Å². The van der Waals surface area contributed by atoms with Crippen LogP contribution < -0.4 is 4.90 Å². The molecule has 0 radical (unpaired) electrons. The van der Waals surface area contributed by atoms with E-state index in [4.69, 9.17) is 16.6 Å². The molecule has 4 rings (SSSR count). The van der Waals surface area contributed by atoms with Gasteiger partial charge < -0.3 is 9.32 Å². The summed E-state index contributed by atoms with van der Waals surface area (Å²) in [5.41, 5.74) is 2.86. The Bertz CT molecular complexity index is 920. The lowest BCUT2D eigenvalue weighted by atomic mass is 10.0. The van der Waals surface area contributed by atoms with E-state index >= 15 is 0 Å². The molecule has 2 heterocycles. The van der Waals surface area contributed by atoms with Crippen LogP contribution in [0.15, 0.2) is 77.4 Å². The van der Waals surface area contributed by atoms with Crippen molar-refractivity contribution in [2.45, 2.75) is 19.5 Å². The Balaban J connectivity index is 1.76. The zero-order chi connectivity index (χ0) is 18.1. The molecule has 3 aromatic rings. The number of carbonyl (C=O) groups excluding carboxylic acids is 1. The number of furan rings is 1. The third-order valence-electron chi connectivity index (χ3n) is 4.52. The van der Waals surface area contributed by atoms with E-state index in [0.29, 0.717) is 11.7 Å². The summed E-state index contributed by atoms with van der Waals surface area (Å²) in [5, 5.41) is 0.489. The number of para-hydroxylation sites is 1. The standard InChI is InChI=1S/C21H18N2O2S/c1-15-9-11-16(12-10-15)19-20(24)23(17-6-3-2-4-7-17)21(26)22(19)14-18-8-5-13-25-18/h2-13,19H,14H2,1H3/t19-/m1/s1. The quantitative estimate of drug-likeness (QED) is 0.642. The Morgan fingerprint density at radius 3 is 2.38 bits per heavy atom. The molecule has 0 bridgehead atoms. The van der Waals surface area contributed by atoms with Crippen molar-refractivity contribution in [2.75, 3.05) is 4.90 Å². The molecule has 1 aromatic heterocycles. The average molecular weight is 362 g/mol. The number of rotatable bonds is 4. The topological polar surface area (TPSA) is 36.7 Å². The third-order valence-corrected chi connectivity index (χ3v) is 4.93. The molecule has 130 valence electrons. The molecule has 2 aromatic carbocycles. The maximum atomic E-state index is 13.3. The van der Waals surface area contributed by atoms with E-state index in [-0.39, 0.29) is 5.91 Å². The monoisotopic (exact) mass is 362 g/mol. The van der Waals surface area contributed by atoms with Gasteiger partial charge in [-0.15, -0.1) is 0 Å². The molecule has 0 aliphatic carbocycles. The van der Waals surface area contributed by atoms with Crippen molar-refractivity contribution in [3.63, 3.8) is 0 Å². The number of amides is 1. The molecule has 1 fully saturated rings. The molecule has 0 N–H and O–H groups in total. The van der Waals surface area contributed by atoms with Crippen molar-refractivity contribution in [1.82, 2.24) is 4.90 Å². The normalized spacial score (nSPS) is 17.2. The van der Waals surface area contributed by atoms with Gasteiger partial charge in [0.15, 0.2) is 5.11 Å². The maximum absolute atomic E-state index is 13.3. The molecule has 0 spiro atoms. The van der Waals surface area contributed by atoms with Crippen LogP contribution in [0.5, 0.6) is 0 Å². The molecule has 1 atom stereocenters. The summed E-state index contributed by atoms with van der Waals surface area (Å²) in [6.07, 6.45) is 1.63. The first-order valence-electron chi connectivity index (χ1n) is 8.44. The fraction of sp³-hybridized carbons (Fsp3) is 0.143. The number of hydrogen-bond acceptors (Lipinski definition) is 3. The second-order valence-corrected chi connectivity index (χ2v) is 6.68. The summed E-state index contributed by atoms with van der Waals surface area (Å²) in [4.78, 5) is 16.8. The SMILES string of the molecule is Cc1ccc([C@@H]2C(=O)N(c3ccccc3)C(=S)N2Cc2ccco2)cc1. The highest BCUT2D eigenvalue weighted by atomic mass is 32.1. The van der Waals surface area contributed by atoms with Gasteiger partial charge in [0.1, 0.15) is 11.8 Å². The summed E-state index contributed by atoms with van der Waals surface area (Å²) < 4.78 is 5.49. The Morgan fingerprint density at radius 2 is 1.73 bits per heavy atom. The molecule has 1 aliphatic rings. The fourth-order valence-corrected chi connectivity index (χ4v) is 3.57. The van der Waals surface area contributed by atoms with Crippen molar-refractivity contribution in [3.8, 4) is 0 Å². The third kappa shape index (κ3) is 2.91. The number of hydrogen-bond donors (Lipinski definition) is 0. The highest BCUT2D eigenvalue weighted by Gasteiger charge is 2.44. The van der Waals surface area contributed by atoms with Crippen molar-refractivity contribution in [2.24, 2.45) is 0 Å². The van der Waals surface area contributed by atoms with Crippen LogP contribution in [0.2, 0.25) is 0 Å². The van der Waals surface area contributed by atoms with E-state index in [1.807, 2.05) is 78.6 Å². The first-order valence-corrected chi connectivity index (χ1v) is 8.84. The predicted molar refractivity (Wildman–Crippen MR) is 105 cm³/mol. The molecule has 0 saturated carbocycles. The number of benzene rings is 2.